The highest BCUT2D eigenvalue weighted by Crippen LogP contribution is 2.45. The molecule has 6 unspecified atom stereocenters. The summed E-state index contributed by atoms with van der Waals surface area (Å²) in [5.74, 6) is 0. The molecule has 3 fully saturated rings. The first-order valence-corrected chi connectivity index (χ1v) is 15.2. The molecule has 0 aromatic heterocycles. The second kappa shape index (κ2) is 14.7. The third kappa shape index (κ3) is 6.98. The molecular weight excluding hydrogens is 588 g/mol. The van der Waals surface area contributed by atoms with Crippen molar-refractivity contribution < 1.29 is 74.4 Å². The lowest BCUT2D eigenvalue weighted by atomic mass is 9.69. The first-order valence-electron chi connectivity index (χ1n) is 15.2. The van der Waals surface area contributed by atoms with Crippen LogP contribution in [0.25, 0.3) is 0 Å². The lowest BCUT2D eigenvalue weighted by Gasteiger charge is -2.55. The zero-order chi connectivity index (χ0) is 33.3. The van der Waals surface area contributed by atoms with Crippen molar-refractivity contribution >= 4 is 0 Å². The van der Waals surface area contributed by atoms with Crippen LogP contribution in [0, 0.1) is 10.8 Å². The minimum absolute atomic E-state index is 0.000738. The fourth-order valence-electron chi connectivity index (χ4n) is 6.51. The Bertz CT molecular complexity index is 908. The summed E-state index contributed by atoms with van der Waals surface area (Å²) < 4.78 is 34.8. The van der Waals surface area contributed by atoms with Crippen LogP contribution in [0.15, 0.2) is 0 Å². The van der Waals surface area contributed by atoms with E-state index in [4.69, 9.17) is 28.4 Å². The van der Waals surface area contributed by atoms with Crippen molar-refractivity contribution in [1.82, 2.24) is 0 Å². The van der Waals surface area contributed by atoms with E-state index in [1.54, 1.807) is 34.6 Å². The molecule has 3 rings (SSSR count). The van der Waals surface area contributed by atoms with Crippen LogP contribution in [0.5, 0.6) is 0 Å². The average molecular weight is 643 g/mol. The van der Waals surface area contributed by atoms with E-state index in [1.807, 2.05) is 0 Å². The molecule has 15 heteroatoms. The fraction of sp³-hybridized carbons (Fsp3) is 1.00. The monoisotopic (exact) mass is 642 g/mol. The molecule has 9 N–H and O–H groups in total. The largest absolute Gasteiger partial charge is 0.394 e. The second-order valence-electron chi connectivity index (χ2n) is 13.4. The summed E-state index contributed by atoms with van der Waals surface area (Å²) in [5.41, 5.74) is -4.88. The van der Waals surface area contributed by atoms with Crippen molar-refractivity contribution in [3.8, 4) is 0 Å². The van der Waals surface area contributed by atoms with Crippen molar-refractivity contribution in [1.29, 1.82) is 0 Å². The van der Waals surface area contributed by atoms with Crippen molar-refractivity contribution in [3.05, 3.63) is 0 Å². The Morgan fingerprint density at radius 3 is 1.77 bits per heavy atom. The summed E-state index contributed by atoms with van der Waals surface area (Å²) in [6.07, 6.45) is -13.7. The van der Waals surface area contributed by atoms with Crippen LogP contribution in [0.1, 0.15) is 47.5 Å². The Morgan fingerprint density at radius 2 is 1.23 bits per heavy atom. The SMILES string of the molecule is CC[C@]1(C)OC(CO)[C@@](C)(COC[C@]2(C)OC(CCO[C@@H]3OC(CO)[C@H](O)[C@H](O)C3O)[C@@](C)(COC)[C@H](O)C2O)[C@H](O)C1O. The number of aliphatic hydroxyl groups is 9. The second-order valence-corrected chi connectivity index (χ2v) is 13.4. The van der Waals surface area contributed by atoms with Crippen molar-refractivity contribution in [3.63, 3.8) is 0 Å². The lowest BCUT2D eigenvalue weighted by Crippen LogP contribution is -2.69. The number of ether oxygens (including phenoxy) is 6. The van der Waals surface area contributed by atoms with E-state index in [1.165, 1.54) is 7.11 Å². The van der Waals surface area contributed by atoms with Gasteiger partial charge in [0.15, 0.2) is 6.29 Å². The number of hydrogen-bond donors (Lipinski definition) is 9. The number of aliphatic hydroxyl groups excluding tert-OH is 9. The van der Waals surface area contributed by atoms with E-state index in [0.29, 0.717) is 6.42 Å². The van der Waals surface area contributed by atoms with Crippen molar-refractivity contribution in [2.45, 2.75) is 126 Å². The van der Waals surface area contributed by atoms with Crippen LogP contribution in [-0.4, -0.2) is 171 Å². The predicted molar refractivity (Wildman–Crippen MR) is 151 cm³/mol. The fourth-order valence-corrected chi connectivity index (χ4v) is 6.51. The summed E-state index contributed by atoms with van der Waals surface area (Å²) >= 11 is 0. The van der Waals surface area contributed by atoms with Gasteiger partial charge in [0.05, 0.1) is 69.7 Å². The van der Waals surface area contributed by atoms with Crippen LogP contribution in [0.4, 0.5) is 0 Å². The maximum atomic E-state index is 11.3. The number of hydrogen-bond acceptors (Lipinski definition) is 15. The summed E-state index contributed by atoms with van der Waals surface area (Å²) in [7, 11) is 1.44. The highest BCUT2D eigenvalue weighted by atomic mass is 16.7. The first kappa shape index (κ1) is 37.9. The minimum Gasteiger partial charge on any atom is -0.394 e. The lowest BCUT2D eigenvalue weighted by molar-refractivity contribution is -0.317. The molecule has 0 radical (unpaired) electrons. The molecule has 0 amide bonds. The first-order chi connectivity index (χ1) is 20.5. The molecule has 0 aromatic carbocycles. The molecule has 0 aliphatic carbocycles. The third-order valence-corrected chi connectivity index (χ3v) is 10.1. The van der Waals surface area contributed by atoms with Gasteiger partial charge in [0, 0.05) is 17.9 Å². The van der Waals surface area contributed by atoms with E-state index in [2.05, 4.69) is 0 Å². The Hall–Kier alpha value is -0.600. The minimum atomic E-state index is -1.61. The number of methoxy groups -OCH3 is 1. The molecule has 0 aromatic rings. The Morgan fingerprint density at radius 1 is 0.659 bits per heavy atom. The van der Waals surface area contributed by atoms with Crippen LogP contribution in [0.2, 0.25) is 0 Å². The van der Waals surface area contributed by atoms with Crippen LogP contribution in [0.3, 0.4) is 0 Å². The zero-order valence-corrected chi connectivity index (χ0v) is 26.5. The molecule has 3 heterocycles. The maximum Gasteiger partial charge on any atom is 0.186 e. The summed E-state index contributed by atoms with van der Waals surface area (Å²) in [4.78, 5) is 0. The highest BCUT2D eigenvalue weighted by Gasteiger charge is 2.59. The molecule has 0 bridgehead atoms. The van der Waals surface area contributed by atoms with E-state index in [0.717, 1.165) is 0 Å². The Labute approximate surface area is 258 Å². The summed E-state index contributed by atoms with van der Waals surface area (Å²) in [6.45, 7) is 6.75. The molecular formula is C29H54O15. The van der Waals surface area contributed by atoms with E-state index in [-0.39, 0.29) is 32.8 Å². The highest BCUT2D eigenvalue weighted by molar-refractivity contribution is 5.07. The van der Waals surface area contributed by atoms with Gasteiger partial charge in [0.25, 0.3) is 0 Å². The van der Waals surface area contributed by atoms with Gasteiger partial charge in [-0.05, 0) is 26.7 Å². The van der Waals surface area contributed by atoms with Gasteiger partial charge in [-0.3, -0.25) is 0 Å². The van der Waals surface area contributed by atoms with E-state index < -0.39 is 103 Å². The van der Waals surface area contributed by atoms with E-state index in [9.17, 15) is 46.0 Å². The molecule has 44 heavy (non-hydrogen) atoms. The topological polar surface area (TPSA) is 237 Å². The van der Waals surface area contributed by atoms with Gasteiger partial charge in [-0.15, -0.1) is 0 Å². The predicted octanol–water partition coefficient (Wildman–Crippen LogP) is -2.97. The molecule has 260 valence electrons. The Balaban J connectivity index is 1.72. The molecule has 3 aliphatic rings. The number of rotatable bonds is 13. The molecule has 0 spiro atoms. The van der Waals surface area contributed by atoms with E-state index >= 15 is 0 Å². The molecule has 0 saturated carbocycles. The van der Waals surface area contributed by atoms with Crippen molar-refractivity contribution in [2.24, 2.45) is 10.8 Å². The van der Waals surface area contributed by atoms with Crippen molar-refractivity contribution in [2.75, 3.05) is 46.8 Å². The van der Waals surface area contributed by atoms with Gasteiger partial charge in [0.1, 0.15) is 42.2 Å². The Kier molecular flexibility index (Phi) is 12.6. The van der Waals surface area contributed by atoms with Gasteiger partial charge in [-0.2, -0.15) is 0 Å². The summed E-state index contributed by atoms with van der Waals surface area (Å²) in [5, 5.41) is 94.3. The molecule has 15 nitrogen and oxygen atoms in total. The van der Waals surface area contributed by atoms with Gasteiger partial charge >= 0.3 is 0 Å². The van der Waals surface area contributed by atoms with Gasteiger partial charge in [-0.25, -0.2) is 0 Å². The van der Waals surface area contributed by atoms with Crippen LogP contribution >= 0.6 is 0 Å². The third-order valence-electron chi connectivity index (χ3n) is 10.1. The summed E-state index contributed by atoms with van der Waals surface area (Å²) in [6, 6.07) is 0. The normalized spacial score (nSPS) is 50.1. The molecule has 3 aliphatic heterocycles. The maximum absolute atomic E-state index is 11.3. The quantitative estimate of drug-likeness (QED) is 0.0975. The zero-order valence-electron chi connectivity index (χ0n) is 26.5. The standard InChI is InChI=1S/C29H54O15/c1-7-28(4)23(37)21(35)27(3,17(11-31)44-28)13-40-14-29(5)24(38)22(36)26(2,12-39-6)16(43-29)8-9-41-25-20(34)19(33)18(32)15(10-30)42-25/h15-25,30-38H,7-14H2,1-6H3/t15?,16?,17?,18-,19-,20?,21+,22+,23?,24?,25+,26+,27+,28-,29-/m0/s1. The van der Waals surface area contributed by atoms with Crippen LogP contribution < -0.4 is 0 Å². The van der Waals surface area contributed by atoms with Gasteiger partial charge in [0.2, 0.25) is 0 Å². The van der Waals surface area contributed by atoms with Gasteiger partial charge < -0.3 is 74.4 Å². The smallest absolute Gasteiger partial charge is 0.186 e. The average Bonchev–Trinajstić information content (AvgIpc) is 3.00. The molecule has 15 atom stereocenters. The van der Waals surface area contributed by atoms with Gasteiger partial charge in [-0.1, -0.05) is 20.8 Å². The van der Waals surface area contributed by atoms with Crippen LogP contribution in [-0.2, 0) is 28.4 Å². The molecule has 3 saturated heterocycles.